The van der Waals surface area contributed by atoms with Gasteiger partial charge in [-0.3, -0.25) is 13.9 Å². The second kappa shape index (κ2) is 14.3. The minimum atomic E-state index is -4.29. The number of carbonyl (C=O) groups excluding carboxylic acids is 2. The number of halogens is 3. The summed E-state index contributed by atoms with van der Waals surface area (Å²) in [4.78, 5) is 28.7. The number of rotatable bonds is 12. The SMILES string of the molecule is CC[C@H](C(=O)NC(C)C)N(Cc1ccc(Cl)cc1Cl)C(=O)CN(c1cc(Cl)ccc1OC)S(=O)(=O)c1ccccc1. The minimum Gasteiger partial charge on any atom is -0.495 e. The van der Waals surface area contributed by atoms with Gasteiger partial charge in [0.15, 0.2) is 0 Å². The summed E-state index contributed by atoms with van der Waals surface area (Å²) in [5.74, 6) is -0.819. The van der Waals surface area contributed by atoms with Gasteiger partial charge in [-0.25, -0.2) is 8.42 Å². The standard InChI is InChI=1S/C29H32Cl3N3O5S/c1-5-25(29(37)33-19(2)3)34(17-20-11-12-21(30)15-24(20)32)28(36)18-35(26-16-22(31)13-14-27(26)40-4)41(38,39)23-9-7-6-8-10-23/h6-16,19,25H,5,17-18H2,1-4H3,(H,33,37)/t25-/m1/s1. The van der Waals surface area contributed by atoms with Crippen molar-refractivity contribution in [1.82, 2.24) is 10.2 Å². The van der Waals surface area contributed by atoms with Gasteiger partial charge in [-0.2, -0.15) is 0 Å². The topological polar surface area (TPSA) is 96.0 Å². The first-order valence-corrected chi connectivity index (χ1v) is 15.4. The lowest BCUT2D eigenvalue weighted by Gasteiger charge is -2.34. The molecule has 0 saturated heterocycles. The van der Waals surface area contributed by atoms with Crippen molar-refractivity contribution in [3.63, 3.8) is 0 Å². The molecule has 2 amide bonds. The van der Waals surface area contributed by atoms with E-state index in [1.54, 1.807) is 49.4 Å². The van der Waals surface area contributed by atoms with Crippen LogP contribution in [-0.2, 0) is 26.2 Å². The summed E-state index contributed by atoms with van der Waals surface area (Å²) in [6.45, 7) is 4.68. The van der Waals surface area contributed by atoms with Crippen molar-refractivity contribution in [2.45, 2.75) is 50.7 Å². The van der Waals surface area contributed by atoms with Gasteiger partial charge >= 0.3 is 0 Å². The highest BCUT2D eigenvalue weighted by molar-refractivity contribution is 7.92. The van der Waals surface area contributed by atoms with Crippen LogP contribution in [0.4, 0.5) is 5.69 Å². The highest BCUT2D eigenvalue weighted by Crippen LogP contribution is 2.35. The molecule has 12 heteroatoms. The zero-order chi connectivity index (χ0) is 30.3. The molecule has 8 nitrogen and oxygen atoms in total. The molecule has 0 aromatic heterocycles. The predicted octanol–water partition coefficient (Wildman–Crippen LogP) is 6.18. The monoisotopic (exact) mass is 639 g/mol. The fourth-order valence-electron chi connectivity index (χ4n) is 4.22. The molecule has 0 fully saturated rings. The van der Waals surface area contributed by atoms with Gasteiger partial charge in [-0.15, -0.1) is 0 Å². The third-order valence-corrected chi connectivity index (χ3v) is 8.79. The maximum Gasteiger partial charge on any atom is 0.264 e. The van der Waals surface area contributed by atoms with E-state index >= 15 is 0 Å². The van der Waals surface area contributed by atoms with Gasteiger partial charge in [0.2, 0.25) is 11.8 Å². The Morgan fingerprint density at radius 2 is 1.59 bits per heavy atom. The zero-order valence-corrected chi connectivity index (χ0v) is 26.2. The van der Waals surface area contributed by atoms with Crippen molar-refractivity contribution in [2.24, 2.45) is 0 Å². The lowest BCUT2D eigenvalue weighted by molar-refractivity contribution is -0.140. The van der Waals surface area contributed by atoms with Gasteiger partial charge in [-0.05, 0) is 68.3 Å². The Labute approximate surface area is 256 Å². The van der Waals surface area contributed by atoms with Gasteiger partial charge in [0.25, 0.3) is 10.0 Å². The highest BCUT2D eigenvalue weighted by Gasteiger charge is 2.35. The Kier molecular flexibility index (Phi) is 11.3. The third-order valence-electron chi connectivity index (χ3n) is 6.19. The summed E-state index contributed by atoms with van der Waals surface area (Å²) in [5.41, 5.74) is 0.611. The molecular formula is C29H32Cl3N3O5S. The molecule has 0 spiro atoms. The lowest BCUT2D eigenvalue weighted by atomic mass is 10.1. The summed E-state index contributed by atoms with van der Waals surface area (Å²) in [6.07, 6.45) is 0.265. The first kappa shape index (κ1) is 32.5. The molecule has 1 N–H and O–H groups in total. The van der Waals surface area contributed by atoms with Gasteiger partial charge in [0.05, 0.1) is 17.7 Å². The predicted molar refractivity (Wildman–Crippen MR) is 163 cm³/mol. The Morgan fingerprint density at radius 3 is 2.17 bits per heavy atom. The molecule has 220 valence electrons. The van der Waals surface area contributed by atoms with Crippen molar-refractivity contribution >= 4 is 62.3 Å². The maximum atomic E-state index is 14.2. The van der Waals surface area contributed by atoms with Gasteiger partial charge in [-0.1, -0.05) is 66.0 Å². The van der Waals surface area contributed by atoms with Crippen molar-refractivity contribution < 1.29 is 22.7 Å². The number of sulfonamides is 1. The number of methoxy groups -OCH3 is 1. The van der Waals surface area contributed by atoms with Crippen molar-refractivity contribution in [3.05, 3.63) is 87.4 Å². The minimum absolute atomic E-state index is 0.0354. The summed E-state index contributed by atoms with van der Waals surface area (Å²) < 4.78 is 34.3. The molecule has 0 aliphatic carbocycles. The largest absolute Gasteiger partial charge is 0.495 e. The van der Waals surface area contributed by atoms with Crippen molar-refractivity contribution in [2.75, 3.05) is 18.0 Å². The molecule has 3 aromatic rings. The summed E-state index contributed by atoms with van der Waals surface area (Å²) in [5, 5.41) is 3.81. The van der Waals surface area contributed by atoms with Crippen LogP contribution in [0.25, 0.3) is 0 Å². The molecule has 0 saturated carbocycles. The molecule has 0 heterocycles. The van der Waals surface area contributed by atoms with Crippen LogP contribution < -0.4 is 14.4 Å². The van der Waals surface area contributed by atoms with E-state index in [9.17, 15) is 18.0 Å². The molecule has 0 aliphatic rings. The Morgan fingerprint density at radius 1 is 0.951 bits per heavy atom. The quantitative estimate of drug-likeness (QED) is 0.255. The van der Waals surface area contributed by atoms with Crippen LogP contribution in [0.2, 0.25) is 15.1 Å². The molecule has 0 bridgehead atoms. The van der Waals surface area contributed by atoms with Crippen LogP contribution in [0.1, 0.15) is 32.8 Å². The molecule has 3 rings (SSSR count). The molecule has 0 unspecified atom stereocenters. The van der Waals surface area contributed by atoms with Crippen LogP contribution in [0, 0.1) is 0 Å². The van der Waals surface area contributed by atoms with E-state index < -0.39 is 28.5 Å². The average molecular weight is 641 g/mol. The van der Waals surface area contributed by atoms with E-state index in [0.717, 1.165) is 4.31 Å². The zero-order valence-electron chi connectivity index (χ0n) is 23.1. The van der Waals surface area contributed by atoms with E-state index in [2.05, 4.69) is 5.32 Å². The number of hydrogen-bond acceptors (Lipinski definition) is 5. The summed E-state index contributed by atoms with van der Waals surface area (Å²) >= 11 is 18.8. The molecule has 3 aromatic carbocycles. The first-order chi connectivity index (χ1) is 19.4. The van der Waals surface area contributed by atoms with Gasteiger partial charge < -0.3 is 15.0 Å². The molecular weight excluding hydrogens is 609 g/mol. The number of benzene rings is 3. The normalized spacial score (nSPS) is 12.1. The fourth-order valence-corrected chi connectivity index (χ4v) is 6.30. The smallest absolute Gasteiger partial charge is 0.264 e. The fraction of sp³-hybridized carbons (Fsp3) is 0.310. The third kappa shape index (κ3) is 8.07. The number of ether oxygens (including phenoxy) is 1. The summed E-state index contributed by atoms with van der Waals surface area (Å²) in [6, 6.07) is 15.9. The Hall–Kier alpha value is -2.98. The second-order valence-electron chi connectivity index (χ2n) is 9.49. The van der Waals surface area contributed by atoms with Crippen LogP contribution in [0.5, 0.6) is 5.75 Å². The van der Waals surface area contributed by atoms with Crippen LogP contribution in [-0.4, -0.2) is 50.9 Å². The van der Waals surface area contributed by atoms with Crippen molar-refractivity contribution in [1.29, 1.82) is 0 Å². The van der Waals surface area contributed by atoms with Gasteiger partial charge in [0, 0.05) is 27.7 Å². The van der Waals surface area contributed by atoms with Crippen LogP contribution in [0.15, 0.2) is 71.6 Å². The average Bonchev–Trinajstić information content (AvgIpc) is 2.92. The molecule has 0 radical (unpaired) electrons. The van der Waals surface area contributed by atoms with E-state index in [0.29, 0.717) is 15.6 Å². The Balaban J connectivity index is 2.14. The molecule has 41 heavy (non-hydrogen) atoms. The first-order valence-electron chi connectivity index (χ1n) is 12.8. The van der Waals surface area contributed by atoms with Crippen molar-refractivity contribution in [3.8, 4) is 5.75 Å². The highest BCUT2D eigenvalue weighted by atomic mass is 35.5. The van der Waals surface area contributed by atoms with Crippen LogP contribution in [0.3, 0.4) is 0 Å². The van der Waals surface area contributed by atoms with E-state index in [-0.39, 0.29) is 46.3 Å². The van der Waals surface area contributed by atoms with E-state index in [4.69, 9.17) is 39.5 Å². The number of hydrogen-bond donors (Lipinski definition) is 1. The summed E-state index contributed by atoms with van der Waals surface area (Å²) in [7, 11) is -2.90. The van der Waals surface area contributed by atoms with Crippen LogP contribution >= 0.6 is 34.8 Å². The number of nitrogens with zero attached hydrogens (tertiary/aromatic N) is 2. The Bertz CT molecular complexity index is 1490. The van der Waals surface area contributed by atoms with Gasteiger partial charge in [0.1, 0.15) is 18.3 Å². The number of anilines is 1. The number of amides is 2. The molecule has 1 atom stereocenters. The maximum absolute atomic E-state index is 14.2. The number of nitrogens with one attached hydrogen (secondary N) is 1. The molecule has 0 aliphatic heterocycles. The second-order valence-corrected chi connectivity index (χ2v) is 12.6. The number of carbonyl (C=O) groups is 2. The van der Waals surface area contributed by atoms with E-state index in [1.807, 2.05) is 13.8 Å². The lowest BCUT2D eigenvalue weighted by Crippen LogP contribution is -2.53. The van der Waals surface area contributed by atoms with E-state index in [1.165, 1.54) is 36.3 Å².